The molecular formula is C17H28N2O2. The third kappa shape index (κ3) is 7.14. The van der Waals surface area contributed by atoms with Gasteiger partial charge < -0.3 is 15.7 Å². The lowest BCUT2D eigenvalue weighted by Crippen LogP contribution is -2.37. The first kappa shape index (κ1) is 17.5. The summed E-state index contributed by atoms with van der Waals surface area (Å²) < 4.78 is 0. The maximum atomic E-state index is 11.6. The van der Waals surface area contributed by atoms with E-state index in [1.807, 2.05) is 26.0 Å². The summed E-state index contributed by atoms with van der Waals surface area (Å²) in [4.78, 5) is 11.6. The summed E-state index contributed by atoms with van der Waals surface area (Å²) in [5.41, 5.74) is 2.46. The number of aryl methyl sites for hydroxylation is 1. The van der Waals surface area contributed by atoms with E-state index < -0.39 is 0 Å². The van der Waals surface area contributed by atoms with Crippen molar-refractivity contribution in [2.75, 3.05) is 19.7 Å². The van der Waals surface area contributed by atoms with E-state index in [1.54, 1.807) is 0 Å². The van der Waals surface area contributed by atoms with Crippen LogP contribution >= 0.6 is 0 Å². The van der Waals surface area contributed by atoms with E-state index in [9.17, 15) is 4.79 Å². The molecule has 0 atom stereocenters. The molecule has 118 valence electrons. The fourth-order valence-electron chi connectivity index (χ4n) is 2.11. The molecule has 1 rings (SSSR count). The van der Waals surface area contributed by atoms with E-state index in [0.29, 0.717) is 13.1 Å². The Labute approximate surface area is 128 Å². The average Bonchev–Trinajstić information content (AvgIpc) is 2.46. The molecule has 0 heterocycles. The average molecular weight is 292 g/mol. The molecule has 0 fully saturated rings. The number of carbonyl (C=O) groups excluding carboxylic acids is 1. The third-order valence-corrected chi connectivity index (χ3v) is 3.69. The van der Waals surface area contributed by atoms with Crippen LogP contribution in [0.4, 0.5) is 4.79 Å². The van der Waals surface area contributed by atoms with Gasteiger partial charge in [-0.05, 0) is 42.7 Å². The van der Waals surface area contributed by atoms with Crippen molar-refractivity contribution in [1.29, 1.82) is 0 Å². The number of aliphatic hydroxyl groups excluding tert-OH is 1. The molecule has 0 unspecified atom stereocenters. The molecule has 1 aromatic carbocycles. The van der Waals surface area contributed by atoms with Crippen molar-refractivity contribution in [3.8, 4) is 0 Å². The summed E-state index contributed by atoms with van der Waals surface area (Å²) >= 11 is 0. The van der Waals surface area contributed by atoms with Crippen LogP contribution < -0.4 is 10.6 Å². The molecule has 0 aliphatic heterocycles. The number of amides is 2. The third-order valence-electron chi connectivity index (χ3n) is 3.69. The van der Waals surface area contributed by atoms with E-state index in [1.165, 1.54) is 11.1 Å². The van der Waals surface area contributed by atoms with Crippen LogP contribution in [0.15, 0.2) is 24.3 Å². The summed E-state index contributed by atoms with van der Waals surface area (Å²) in [7, 11) is 0. The van der Waals surface area contributed by atoms with E-state index in [0.717, 1.165) is 19.3 Å². The number of carbonyl (C=O) groups is 1. The van der Waals surface area contributed by atoms with Gasteiger partial charge in [0.25, 0.3) is 0 Å². The number of nitrogens with one attached hydrogen (secondary N) is 2. The molecular weight excluding hydrogens is 264 g/mol. The molecule has 4 heteroatoms. The van der Waals surface area contributed by atoms with Crippen LogP contribution in [-0.2, 0) is 6.42 Å². The van der Waals surface area contributed by atoms with Crippen LogP contribution in [-0.4, -0.2) is 30.8 Å². The maximum absolute atomic E-state index is 11.6. The molecule has 0 radical (unpaired) electrons. The minimum absolute atomic E-state index is 0.0665. The topological polar surface area (TPSA) is 61.4 Å². The molecule has 4 nitrogen and oxygen atoms in total. The fourth-order valence-corrected chi connectivity index (χ4v) is 2.11. The zero-order valence-corrected chi connectivity index (χ0v) is 13.4. The number of rotatable bonds is 8. The highest BCUT2D eigenvalue weighted by Gasteiger charge is 2.15. The van der Waals surface area contributed by atoms with Gasteiger partial charge >= 0.3 is 6.03 Å². The van der Waals surface area contributed by atoms with Crippen molar-refractivity contribution in [2.45, 2.75) is 40.0 Å². The van der Waals surface area contributed by atoms with Gasteiger partial charge in [-0.15, -0.1) is 0 Å². The van der Waals surface area contributed by atoms with E-state index in [2.05, 4.69) is 29.7 Å². The molecule has 1 aromatic rings. The van der Waals surface area contributed by atoms with Gasteiger partial charge in [-0.1, -0.05) is 38.1 Å². The molecule has 0 saturated heterocycles. The molecule has 0 spiro atoms. The molecule has 0 bridgehead atoms. The number of hydrogen-bond donors (Lipinski definition) is 3. The van der Waals surface area contributed by atoms with Gasteiger partial charge in [0.15, 0.2) is 0 Å². The fraction of sp³-hybridized carbons (Fsp3) is 0.588. The Bertz CT molecular complexity index is 444. The molecule has 0 aliphatic carbocycles. The standard InChI is InChI=1S/C17H28N2O2/c1-14-7-4-5-8-15(14)9-12-19-16(21)18-11-6-10-17(2,3)13-20/h4-5,7-8,20H,6,9-13H2,1-3H3,(H2,18,19,21). The van der Waals surface area contributed by atoms with Gasteiger partial charge in [0.2, 0.25) is 0 Å². The van der Waals surface area contributed by atoms with Crippen LogP contribution in [0.3, 0.4) is 0 Å². The highest BCUT2D eigenvalue weighted by atomic mass is 16.3. The highest BCUT2D eigenvalue weighted by Crippen LogP contribution is 2.20. The molecule has 0 aliphatic rings. The van der Waals surface area contributed by atoms with E-state index in [-0.39, 0.29) is 18.1 Å². The van der Waals surface area contributed by atoms with Crippen molar-refractivity contribution in [3.05, 3.63) is 35.4 Å². The van der Waals surface area contributed by atoms with Crippen LogP contribution in [0.1, 0.15) is 37.8 Å². The van der Waals surface area contributed by atoms with E-state index >= 15 is 0 Å². The number of hydrogen-bond acceptors (Lipinski definition) is 2. The predicted molar refractivity (Wildman–Crippen MR) is 86.4 cm³/mol. The first-order valence-electron chi connectivity index (χ1n) is 7.62. The van der Waals surface area contributed by atoms with E-state index in [4.69, 9.17) is 5.11 Å². The van der Waals surface area contributed by atoms with Crippen LogP contribution in [0.25, 0.3) is 0 Å². The zero-order valence-electron chi connectivity index (χ0n) is 13.4. The molecule has 2 amide bonds. The molecule has 0 aromatic heterocycles. The monoisotopic (exact) mass is 292 g/mol. The second-order valence-corrected chi connectivity index (χ2v) is 6.29. The number of urea groups is 1. The van der Waals surface area contributed by atoms with Crippen LogP contribution in [0, 0.1) is 12.3 Å². The minimum atomic E-state index is -0.120. The quantitative estimate of drug-likeness (QED) is 0.645. The Kier molecular flexibility index (Phi) is 7.23. The smallest absolute Gasteiger partial charge is 0.314 e. The SMILES string of the molecule is Cc1ccccc1CCNC(=O)NCCCC(C)(C)CO. The summed E-state index contributed by atoms with van der Waals surface area (Å²) in [6.45, 7) is 7.58. The first-order valence-corrected chi connectivity index (χ1v) is 7.62. The summed E-state index contributed by atoms with van der Waals surface area (Å²) in [6, 6.07) is 8.09. The lowest BCUT2D eigenvalue weighted by molar-refractivity contribution is 0.148. The van der Waals surface area contributed by atoms with Crippen molar-refractivity contribution in [1.82, 2.24) is 10.6 Å². The lowest BCUT2D eigenvalue weighted by Gasteiger charge is -2.21. The lowest BCUT2D eigenvalue weighted by atomic mass is 9.89. The van der Waals surface area contributed by atoms with Gasteiger partial charge in [-0.25, -0.2) is 4.79 Å². The van der Waals surface area contributed by atoms with Crippen molar-refractivity contribution in [3.63, 3.8) is 0 Å². The predicted octanol–water partition coefficient (Wildman–Crippen LogP) is 2.64. The van der Waals surface area contributed by atoms with Crippen molar-refractivity contribution >= 4 is 6.03 Å². The van der Waals surface area contributed by atoms with Gasteiger partial charge in [0, 0.05) is 19.7 Å². The van der Waals surface area contributed by atoms with Gasteiger partial charge in [0.1, 0.15) is 0 Å². The summed E-state index contributed by atoms with van der Waals surface area (Å²) in [5.74, 6) is 0. The molecule has 3 N–H and O–H groups in total. The number of benzene rings is 1. The minimum Gasteiger partial charge on any atom is -0.396 e. The van der Waals surface area contributed by atoms with Gasteiger partial charge in [-0.3, -0.25) is 0 Å². The Balaban J connectivity index is 2.13. The van der Waals surface area contributed by atoms with Crippen molar-refractivity contribution in [2.24, 2.45) is 5.41 Å². The van der Waals surface area contributed by atoms with Crippen molar-refractivity contribution < 1.29 is 9.90 Å². The van der Waals surface area contributed by atoms with Crippen LogP contribution in [0.5, 0.6) is 0 Å². The summed E-state index contributed by atoms with van der Waals surface area (Å²) in [6.07, 6.45) is 2.61. The zero-order chi connectivity index (χ0) is 15.7. The molecule has 21 heavy (non-hydrogen) atoms. The Morgan fingerprint density at radius 1 is 1.19 bits per heavy atom. The van der Waals surface area contributed by atoms with Crippen LogP contribution in [0.2, 0.25) is 0 Å². The highest BCUT2D eigenvalue weighted by molar-refractivity contribution is 5.73. The number of aliphatic hydroxyl groups is 1. The Morgan fingerprint density at radius 2 is 1.86 bits per heavy atom. The Morgan fingerprint density at radius 3 is 2.52 bits per heavy atom. The maximum Gasteiger partial charge on any atom is 0.314 e. The Hall–Kier alpha value is -1.55. The van der Waals surface area contributed by atoms with Gasteiger partial charge in [-0.2, -0.15) is 0 Å². The second kappa shape index (κ2) is 8.67. The second-order valence-electron chi connectivity index (χ2n) is 6.29. The normalized spacial score (nSPS) is 11.2. The largest absolute Gasteiger partial charge is 0.396 e. The first-order chi connectivity index (χ1) is 9.94. The summed E-state index contributed by atoms with van der Waals surface area (Å²) in [5, 5.41) is 14.9. The molecule has 0 saturated carbocycles. The van der Waals surface area contributed by atoms with Gasteiger partial charge in [0.05, 0.1) is 0 Å².